The number of nitriles is 1. The van der Waals surface area contributed by atoms with E-state index in [-0.39, 0.29) is 11.3 Å². The van der Waals surface area contributed by atoms with Gasteiger partial charge >= 0.3 is 0 Å². The molecule has 0 saturated heterocycles. The van der Waals surface area contributed by atoms with Crippen molar-refractivity contribution in [1.82, 2.24) is 15.0 Å². The number of aromatic amines is 1. The molecule has 4 aromatic rings. The van der Waals surface area contributed by atoms with E-state index in [1.54, 1.807) is 30.3 Å². The first kappa shape index (κ1) is 19.3. The van der Waals surface area contributed by atoms with Crippen molar-refractivity contribution in [1.29, 1.82) is 5.26 Å². The van der Waals surface area contributed by atoms with Crippen LogP contribution < -0.4 is 5.32 Å². The monoisotopic (exact) mass is 427 g/mol. The number of anilines is 1. The summed E-state index contributed by atoms with van der Waals surface area (Å²) in [5, 5.41) is 12.6. The average Bonchev–Trinajstić information content (AvgIpc) is 3.17. The van der Waals surface area contributed by atoms with Gasteiger partial charge in [-0.15, -0.1) is 0 Å². The number of rotatable bonds is 4. The second-order valence-corrected chi connectivity index (χ2v) is 8.21. The van der Waals surface area contributed by atoms with Gasteiger partial charge in [-0.3, -0.25) is 4.79 Å². The molecule has 1 aliphatic rings. The van der Waals surface area contributed by atoms with E-state index in [2.05, 4.69) is 21.4 Å². The first-order chi connectivity index (χ1) is 15.1. The molecule has 5 rings (SSSR count). The lowest BCUT2D eigenvalue weighted by atomic mass is 9.64. The number of H-pyrrole nitrogens is 1. The highest BCUT2D eigenvalue weighted by atomic mass is 35.5. The molecule has 2 aromatic heterocycles. The number of aromatic nitrogens is 3. The summed E-state index contributed by atoms with van der Waals surface area (Å²) in [6, 6.07) is 18.6. The van der Waals surface area contributed by atoms with Gasteiger partial charge in [0.25, 0.3) is 5.91 Å². The van der Waals surface area contributed by atoms with Crippen LogP contribution in [-0.2, 0) is 5.41 Å². The SMILES string of the molecule is N#Cc1cnc2nc(C3(c4ccc(NC(=O)c5cccc(Cl)c5)cc4)CCC3)[nH]c2c1. The number of nitrogens with one attached hydrogen (secondary N) is 2. The Bertz CT molecular complexity index is 1330. The van der Waals surface area contributed by atoms with Gasteiger partial charge in [0.1, 0.15) is 11.9 Å². The van der Waals surface area contributed by atoms with Crippen molar-refractivity contribution in [3.8, 4) is 6.07 Å². The second kappa shape index (κ2) is 7.53. The molecule has 1 fully saturated rings. The van der Waals surface area contributed by atoms with E-state index < -0.39 is 0 Å². The molecule has 1 amide bonds. The molecular weight excluding hydrogens is 410 g/mol. The number of carbonyl (C=O) groups excluding carboxylic acids is 1. The summed E-state index contributed by atoms with van der Waals surface area (Å²) < 4.78 is 0. The topological polar surface area (TPSA) is 94.5 Å². The minimum atomic E-state index is -0.205. The predicted octanol–water partition coefficient (Wildman–Crippen LogP) is 5.21. The van der Waals surface area contributed by atoms with E-state index >= 15 is 0 Å². The second-order valence-electron chi connectivity index (χ2n) is 7.77. The maximum absolute atomic E-state index is 12.5. The fraction of sp³-hybridized carbons (Fsp3) is 0.167. The Kier molecular flexibility index (Phi) is 4.68. The van der Waals surface area contributed by atoms with Crippen LogP contribution in [0.3, 0.4) is 0 Å². The molecule has 1 saturated carbocycles. The summed E-state index contributed by atoms with van der Waals surface area (Å²) in [7, 11) is 0. The fourth-order valence-electron chi connectivity index (χ4n) is 4.09. The van der Waals surface area contributed by atoms with Crippen molar-refractivity contribution in [2.24, 2.45) is 0 Å². The van der Waals surface area contributed by atoms with Gasteiger partial charge in [0, 0.05) is 22.5 Å². The van der Waals surface area contributed by atoms with Crippen LogP contribution in [0, 0.1) is 11.3 Å². The van der Waals surface area contributed by atoms with Crippen molar-refractivity contribution in [3.63, 3.8) is 0 Å². The molecule has 2 aromatic carbocycles. The first-order valence-electron chi connectivity index (χ1n) is 10.0. The highest BCUT2D eigenvalue weighted by Crippen LogP contribution is 2.48. The van der Waals surface area contributed by atoms with Gasteiger partial charge in [0.15, 0.2) is 5.65 Å². The van der Waals surface area contributed by atoms with Crippen LogP contribution in [0.4, 0.5) is 5.69 Å². The summed E-state index contributed by atoms with van der Waals surface area (Å²) in [6.07, 6.45) is 4.61. The normalized spacial score (nSPS) is 14.6. The van der Waals surface area contributed by atoms with E-state index in [9.17, 15) is 4.79 Å². The van der Waals surface area contributed by atoms with Crippen molar-refractivity contribution in [2.75, 3.05) is 5.32 Å². The lowest BCUT2D eigenvalue weighted by molar-refractivity contribution is 0.102. The molecule has 152 valence electrons. The number of hydrogen-bond donors (Lipinski definition) is 2. The van der Waals surface area contributed by atoms with Crippen LogP contribution in [-0.4, -0.2) is 20.9 Å². The van der Waals surface area contributed by atoms with Crippen LogP contribution >= 0.6 is 11.6 Å². The number of pyridine rings is 1. The number of benzene rings is 2. The van der Waals surface area contributed by atoms with Crippen LogP contribution in [0.15, 0.2) is 60.8 Å². The molecule has 6 nitrogen and oxygen atoms in total. The zero-order valence-electron chi connectivity index (χ0n) is 16.5. The Balaban J connectivity index is 1.41. The third-order valence-corrected chi connectivity index (χ3v) is 6.14. The summed E-state index contributed by atoms with van der Waals surface area (Å²) >= 11 is 5.98. The van der Waals surface area contributed by atoms with Crippen LogP contribution in [0.25, 0.3) is 11.2 Å². The van der Waals surface area contributed by atoms with Gasteiger partial charge in [-0.05, 0) is 54.8 Å². The van der Waals surface area contributed by atoms with E-state index in [0.29, 0.717) is 27.5 Å². The number of hydrogen-bond acceptors (Lipinski definition) is 4. The summed E-state index contributed by atoms with van der Waals surface area (Å²) in [4.78, 5) is 24.9. The van der Waals surface area contributed by atoms with Crippen molar-refractivity contribution >= 4 is 34.4 Å². The van der Waals surface area contributed by atoms with Gasteiger partial charge in [-0.2, -0.15) is 5.26 Å². The largest absolute Gasteiger partial charge is 0.340 e. The van der Waals surface area contributed by atoms with E-state index in [0.717, 1.165) is 36.2 Å². The van der Waals surface area contributed by atoms with Gasteiger partial charge in [0.05, 0.1) is 16.5 Å². The standard InChI is InChI=1S/C24H18ClN5O/c25-18-4-1-3-16(12-18)22(31)28-19-7-5-17(6-8-19)24(9-2-10-24)23-29-20-11-15(13-26)14-27-21(20)30-23/h1,3-8,11-12,14H,2,9-10H2,(H,28,31)(H,27,29,30). The first-order valence-corrected chi connectivity index (χ1v) is 10.4. The van der Waals surface area contributed by atoms with Gasteiger partial charge in [-0.25, -0.2) is 9.97 Å². The average molecular weight is 428 g/mol. The van der Waals surface area contributed by atoms with Crippen LogP contribution in [0.2, 0.25) is 5.02 Å². The van der Waals surface area contributed by atoms with E-state index in [1.807, 2.05) is 24.3 Å². The molecule has 2 heterocycles. The molecule has 0 atom stereocenters. The zero-order chi connectivity index (χ0) is 21.4. The minimum absolute atomic E-state index is 0.203. The molecule has 0 aliphatic heterocycles. The molecule has 7 heteroatoms. The Morgan fingerprint density at radius 2 is 1.97 bits per heavy atom. The van der Waals surface area contributed by atoms with Crippen molar-refractivity contribution < 1.29 is 4.79 Å². The Morgan fingerprint density at radius 1 is 1.16 bits per heavy atom. The number of fused-ring (bicyclic) bond motifs is 1. The predicted molar refractivity (Wildman–Crippen MR) is 119 cm³/mol. The molecule has 0 bridgehead atoms. The molecule has 0 spiro atoms. The lowest BCUT2D eigenvalue weighted by Gasteiger charge is -2.40. The Hall–Kier alpha value is -3.69. The van der Waals surface area contributed by atoms with Crippen LogP contribution in [0.1, 0.15) is 46.6 Å². The zero-order valence-corrected chi connectivity index (χ0v) is 17.3. The summed E-state index contributed by atoms with van der Waals surface area (Å²) in [5.74, 6) is 0.664. The molecule has 1 aliphatic carbocycles. The molecule has 2 N–H and O–H groups in total. The number of amides is 1. The lowest BCUT2D eigenvalue weighted by Crippen LogP contribution is -2.36. The molecule has 31 heavy (non-hydrogen) atoms. The van der Waals surface area contributed by atoms with Gasteiger partial charge in [-0.1, -0.05) is 36.2 Å². The Morgan fingerprint density at radius 3 is 2.65 bits per heavy atom. The fourth-order valence-corrected chi connectivity index (χ4v) is 4.28. The quantitative estimate of drug-likeness (QED) is 0.467. The smallest absolute Gasteiger partial charge is 0.255 e. The van der Waals surface area contributed by atoms with Crippen molar-refractivity contribution in [2.45, 2.75) is 24.7 Å². The number of imidazole rings is 1. The highest BCUT2D eigenvalue weighted by Gasteiger charge is 2.43. The van der Waals surface area contributed by atoms with Gasteiger partial charge < -0.3 is 10.3 Å². The highest BCUT2D eigenvalue weighted by molar-refractivity contribution is 6.31. The number of halogens is 1. The number of carbonyl (C=O) groups is 1. The minimum Gasteiger partial charge on any atom is -0.340 e. The number of nitrogens with zero attached hydrogens (tertiary/aromatic N) is 3. The third-order valence-electron chi connectivity index (χ3n) is 5.91. The maximum atomic E-state index is 12.5. The van der Waals surface area contributed by atoms with E-state index in [4.69, 9.17) is 21.8 Å². The summed E-state index contributed by atoms with van der Waals surface area (Å²) in [6.45, 7) is 0. The molecular formula is C24H18ClN5O. The molecule has 0 radical (unpaired) electrons. The summed E-state index contributed by atoms with van der Waals surface area (Å²) in [5.41, 5.74) is 4.05. The molecule has 0 unspecified atom stereocenters. The maximum Gasteiger partial charge on any atom is 0.255 e. The van der Waals surface area contributed by atoms with Crippen LogP contribution in [0.5, 0.6) is 0 Å². The Labute approximate surface area is 183 Å². The van der Waals surface area contributed by atoms with Crippen molar-refractivity contribution in [3.05, 3.63) is 88.3 Å². The van der Waals surface area contributed by atoms with Gasteiger partial charge in [0.2, 0.25) is 0 Å². The van der Waals surface area contributed by atoms with E-state index in [1.165, 1.54) is 6.20 Å². The third kappa shape index (κ3) is 3.43.